The Morgan fingerprint density at radius 1 is 1.29 bits per heavy atom. The molecule has 174 valence electrons. The maximum atomic E-state index is 13.7. The number of hydrogen-bond acceptors (Lipinski definition) is 7. The van der Waals surface area contributed by atoms with Crippen molar-refractivity contribution >= 4 is 50.9 Å². The van der Waals surface area contributed by atoms with Gasteiger partial charge in [0.15, 0.2) is 16.3 Å². The minimum Gasteiger partial charge on any atom is -0.463 e. The first kappa shape index (κ1) is 22.9. The average molecular weight is 562 g/mol. The highest BCUT2D eigenvalue weighted by molar-refractivity contribution is 9.10. The normalized spacial score (nSPS) is 16.9. The van der Waals surface area contributed by atoms with E-state index in [0.29, 0.717) is 37.1 Å². The summed E-state index contributed by atoms with van der Waals surface area (Å²) in [6, 6.07) is 10.0. The molecule has 0 saturated heterocycles. The van der Waals surface area contributed by atoms with Crippen LogP contribution in [-0.2, 0) is 9.53 Å². The molecule has 2 aromatic carbocycles. The predicted molar refractivity (Wildman–Crippen MR) is 132 cm³/mol. The van der Waals surface area contributed by atoms with Gasteiger partial charge in [-0.05, 0) is 55.3 Å². The Morgan fingerprint density at radius 2 is 2.00 bits per heavy atom. The summed E-state index contributed by atoms with van der Waals surface area (Å²) in [5.41, 5.74) is 2.07. The Labute approximate surface area is 211 Å². The van der Waals surface area contributed by atoms with Crippen molar-refractivity contribution in [3.63, 3.8) is 0 Å². The van der Waals surface area contributed by atoms with Gasteiger partial charge in [0, 0.05) is 9.50 Å². The summed E-state index contributed by atoms with van der Waals surface area (Å²) in [4.78, 5) is 31.7. The smallest absolute Gasteiger partial charge is 0.338 e. The van der Waals surface area contributed by atoms with Crippen molar-refractivity contribution in [3.05, 3.63) is 88.0 Å². The largest absolute Gasteiger partial charge is 0.463 e. The summed E-state index contributed by atoms with van der Waals surface area (Å²) in [6.45, 7) is 3.86. The van der Waals surface area contributed by atoms with E-state index in [4.69, 9.17) is 25.8 Å². The molecule has 2 aliphatic heterocycles. The first-order valence-corrected chi connectivity index (χ1v) is 12.4. The molecule has 0 fully saturated rings. The number of carbonyl (C=O) groups is 1. The highest BCUT2D eigenvalue weighted by Gasteiger charge is 2.33. The molecule has 10 heteroatoms. The minimum atomic E-state index is -0.685. The number of halogens is 2. The van der Waals surface area contributed by atoms with Gasteiger partial charge in [-0.25, -0.2) is 9.79 Å². The maximum Gasteiger partial charge on any atom is 0.338 e. The topological polar surface area (TPSA) is 79.1 Å². The number of benzene rings is 2. The Kier molecular flexibility index (Phi) is 6.09. The number of aromatic nitrogens is 1. The van der Waals surface area contributed by atoms with Crippen molar-refractivity contribution in [3.8, 4) is 11.5 Å². The molecule has 0 aliphatic carbocycles. The van der Waals surface area contributed by atoms with Crippen LogP contribution in [0.1, 0.15) is 31.0 Å². The van der Waals surface area contributed by atoms with Gasteiger partial charge in [0.2, 0.25) is 6.79 Å². The van der Waals surface area contributed by atoms with Crippen LogP contribution in [0.15, 0.2) is 61.9 Å². The lowest BCUT2D eigenvalue weighted by Gasteiger charge is -2.24. The first-order chi connectivity index (χ1) is 16.4. The van der Waals surface area contributed by atoms with E-state index in [1.54, 1.807) is 48.8 Å². The van der Waals surface area contributed by atoms with E-state index in [2.05, 4.69) is 20.9 Å². The number of fused-ring (bicyclic) bond motifs is 2. The molecule has 3 heterocycles. The maximum absolute atomic E-state index is 13.7. The molecule has 34 heavy (non-hydrogen) atoms. The zero-order chi connectivity index (χ0) is 24.0. The number of allylic oxidation sites excluding steroid dienone is 1. The lowest BCUT2D eigenvalue weighted by Crippen LogP contribution is -2.39. The van der Waals surface area contributed by atoms with E-state index in [9.17, 15) is 9.59 Å². The monoisotopic (exact) mass is 560 g/mol. The average Bonchev–Trinajstić information content (AvgIpc) is 3.37. The van der Waals surface area contributed by atoms with E-state index in [1.165, 1.54) is 11.3 Å². The summed E-state index contributed by atoms with van der Waals surface area (Å²) in [6.07, 6.45) is 1.78. The van der Waals surface area contributed by atoms with E-state index < -0.39 is 12.0 Å². The molecule has 1 atom stereocenters. The van der Waals surface area contributed by atoms with Crippen molar-refractivity contribution in [2.24, 2.45) is 4.99 Å². The molecular weight excluding hydrogens is 544 g/mol. The highest BCUT2D eigenvalue weighted by Crippen LogP contribution is 2.37. The number of carbonyl (C=O) groups excluding carboxylic acids is 1. The molecule has 0 saturated carbocycles. The quantitative estimate of drug-likeness (QED) is 0.451. The summed E-state index contributed by atoms with van der Waals surface area (Å²) in [5.74, 6) is 0.751. The van der Waals surface area contributed by atoms with Crippen LogP contribution in [0.4, 0.5) is 0 Å². The van der Waals surface area contributed by atoms with E-state index in [0.717, 1.165) is 15.6 Å². The Morgan fingerprint density at radius 3 is 2.71 bits per heavy atom. The Balaban J connectivity index is 1.71. The molecule has 0 spiro atoms. The number of hydrogen-bond donors (Lipinski definition) is 0. The van der Waals surface area contributed by atoms with E-state index in [-0.39, 0.29) is 19.0 Å². The van der Waals surface area contributed by atoms with Crippen LogP contribution < -0.4 is 24.4 Å². The van der Waals surface area contributed by atoms with Gasteiger partial charge in [-0.3, -0.25) is 9.36 Å². The Bertz CT molecular complexity index is 1520. The lowest BCUT2D eigenvalue weighted by molar-refractivity contribution is -0.139. The van der Waals surface area contributed by atoms with Gasteiger partial charge >= 0.3 is 5.97 Å². The van der Waals surface area contributed by atoms with Crippen molar-refractivity contribution in [1.82, 2.24) is 4.57 Å². The van der Waals surface area contributed by atoms with Crippen molar-refractivity contribution in [1.29, 1.82) is 0 Å². The van der Waals surface area contributed by atoms with Crippen molar-refractivity contribution < 1.29 is 19.0 Å². The summed E-state index contributed by atoms with van der Waals surface area (Å²) in [5, 5.41) is 0.558. The SMILES string of the molecule is CCOC(=O)C1=C(C)N=c2sc(=Cc3cc4c(cc3Br)OCO4)c(=O)n2C1c1ccc(Cl)cc1. The molecule has 1 unspecified atom stereocenters. The third-order valence-electron chi connectivity index (χ3n) is 5.48. The zero-order valence-corrected chi connectivity index (χ0v) is 21.3. The standard InChI is InChI=1S/C24H18BrClN2O5S/c1-3-31-23(30)20-12(2)27-24-28(21(20)13-4-6-15(26)7-5-13)22(29)19(34-24)9-14-8-17-18(10-16(14)25)33-11-32-17/h4-10,21H,3,11H2,1-2H3. The zero-order valence-electron chi connectivity index (χ0n) is 18.1. The van der Waals surface area contributed by atoms with Crippen LogP contribution in [-0.4, -0.2) is 23.9 Å². The van der Waals surface area contributed by atoms with Crippen LogP contribution in [0.25, 0.3) is 6.08 Å². The molecule has 0 amide bonds. The number of thiazole rings is 1. The van der Waals surface area contributed by atoms with Gasteiger partial charge in [0.05, 0.1) is 28.5 Å². The third kappa shape index (κ3) is 3.97. The second-order valence-electron chi connectivity index (χ2n) is 7.58. The summed E-state index contributed by atoms with van der Waals surface area (Å²) >= 11 is 10.9. The summed E-state index contributed by atoms with van der Waals surface area (Å²) < 4.78 is 19.0. The fourth-order valence-corrected chi connectivity index (χ4v) is 5.54. The molecule has 5 rings (SSSR count). The number of esters is 1. The molecule has 2 aliphatic rings. The van der Waals surface area contributed by atoms with E-state index in [1.807, 2.05) is 12.1 Å². The minimum absolute atomic E-state index is 0.157. The van der Waals surface area contributed by atoms with Crippen LogP contribution in [0.2, 0.25) is 5.02 Å². The fourth-order valence-electron chi connectivity index (χ4n) is 3.94. The highest BCUT2D eigenvalue weighted by atomic mass is 79.9. The van der Waals surface area contributed by atoms with Gasteiger partial charge in [-0.2, -0.15) is 0 Å². The second kappa shape index (κ2) is 9.05. The lowest BCUT2D eigenvalue weighted by atomic mass is 9.96. The van der Waals surface area contributed by atoms with Crippen LogP contribution in [0.3, 0.4) is 0 Å². The van der Waals surface area contributed by atoms with E-state index >= 15 is 0 Å². The second-order valence-corrected chi connectivity index (χ2v) is 9.88. The van der Waals surface area contributed by atoms with Crippen LogP contribution in [0.5, 0.6) is 11.5 Å². The molecule has 7 nitrogen and oxygen atoms in total. The Hall–Kier alpha value is -2.88. The fraction of sp³-hybridized carbons (Fsp3) is 0.208. The molecule has 0 N–H and O–H groups in total. The molecule has 0 radical (unpaired) electrons. The molecular formula is C24H18BrClN2O5S. The summed E-state index contributed by atoms with van der Waals surface area (Å²) in [7, 11) is 0. The van der Waals surface area contributed by atoms with Gasteiger partial charge in [0.1, 0.15) is 0 Å². The number of rotatable bonds is 4. The first-order valence-electron chi connectivity index (χ1n) is 10.4. The molecule has 1 aromatic heterocycles. The van der Waals surface area contributed by atoms with Crippen molar-refractivity contribution in [2.45, 2.75) is 19.9 Å². The molecule has 0 bridgehead atoms. The third-order valence-corrected chi connectivity index (χ3v) is 7.40. The van der Waals surface area contributed by atoms with Crippen LogP contribution >= 0.6 is 38.9 Å². The van der Waals surface area contributed by atoms with Gasteiger partial charge in [0.25, 0.3) is 5.56 Å². The number of nitrogens with zero attached hydrogens (tertiary/aromatic N) is 2. The number of ether oxygens (including phenoxy) is 3. The predicted octanol–water partition coefficient (Wildman–Crippen LogP) is 3.94. The van der Waals surface area contributed by atoms with Crippen LogP contribution in [0, 0.1) is 0 Å². The van der Waals surface area contributed by atoms with Gasteiger partial charge < -0.3 is 14.2 Å². The van der Waals surface area contributed by atoms with Gasteiger partial charge in [-0.1, -0.05) is 51.0 Å². The molecule has 3 aromatic rings. The van der Waals surface area contributed by atoms with Crippen molar-refractivity contribution in [2.75, 3.05) is 13.4 Å². The van der Waals surface area contributed by atoms with Gasteiger partial charge in [-0.15, -0.1) is 0 Å².